The molecule has 1 amide bonds. The van der Waals surface area contributed by atoms with E-state index in [1.54, 1.807) is 0 Å². The molecule has 0 heterocycles. The van der Waals surface area contributed by atoms with E-state index in [4.69, 9.17) is 5.73 Å². The fourth-order valence-electron chi connectivity index (χ4n) is 2.34. The molecule has 1 aromatic carbocycles. The Morgan fingerprint density at radius 1 is 1.11 bits per heavy atom. The summed E-state index contributed by atoms with van der Waals surface area (Å²) in [4.78, 5) is 10.9. The van der Waals surface area contributed by atoms with Crippen LogP contribution in [0, 0.1) is 0 Å². The molecule has 0 aliphatic carbocycles. The van der Waals surface area contributed by atoms with Gasteiger partial charge in [0.1, 0.15) is 0 Å². The van der Waals surface area contributed by atoms with E-state index in [-0.39, 0.29) is 5.91 Å². The van der Waals surface area contributed by atoms with E-state index in [0.717, 1.165) is 12.8 Å². The van der Waals surface area contributed by atoms with E-state index in [2.05, 4.69) is 31.2 Å². The lowest BCUT2D eigenvalue weighted by molar-refractivity contribution is -0.118. The molecule has 2 nitrogen and oxygen atoms in total. The predicted molar refractivity (Wildman–Crippen MR) is 76.4 cm³/mol. The fourth-order valence-corrected chi connectivity index (χ4v) is 2.34. The number of primary amides is 1. The molecule has 1 unspecified atom stereocenters. The Morgan fingerprint density at radius 3 is 2.44 bits per heavy atom. The molecule has 0 aliphatic heterocycles. The molecule has 0 bridgehead atoms. The van der Waals surface area contributed by atoms with Crippen molar-refractivity contribution in [2.75, 3.05) is 0 Å². The zero-order valence-electron chi connectivity index (χ0n) is 11.4. The maximum atomic E-state index is 10.9. The number of rotatable bonds is 9. The Kier molecular flexibility index (Phi) is 7.16. The zero-order chi connectivity index (χ0) is 13.2. The summed E-state index contributed by atoms with van der Waals surface area (Å²) >= 11 is 0. The monoisotopic (exact) mass is 247 g/mol. The summed E-state index contributed by atoms with van der Waals surface area (Å²) in [5, 5.41) is 0. The van der Waals surface area contributed by atoms with Crippen LogP contribution in [0.3, 0.4) is 0 Å². The Balaban J connectivity index is 2.49. The second-order valence-corrected chi connectivity index (χ2v) is 4.96. The maximum Gasteiger partial charge on any atom is 0.217 e. The van der Waals surface area contributed by atoms with Crippen LogP contribution >= 0.6 is 0 Å². The van der Waals surface area contributed by atoms with Crippen LogP contribution in [0.4, 0.5) is 0 Å². The third-order valence-electron chi connectivity index (χ3n) is 3.42. The smallest absolute Gasteiger partial charge is 0.217 e. The first-order valence-electron chi connectivity index (χ1n) is 7.07. The van der Waals surface area contributed by atoms with Gasteiger partial charge in [0, 0.05) is 6.42 Å². The molecule has 2 heteroatoms. The molecule has 18 heavy (non-hydrogen) atoms. The minimum absolute atomic E-state index is 0.190. The standard InChI is InChI=1S/C16H25NO/c1-2-3-4-6-11-15(12-13-16(17)18)14-9-7-5-8-10-14/h5,7-10,15H,2-4,6,11-13H2,1H3,(H2,17,18). The van der Waals surface area contributed by atoms with E-state index in [1.807, 2.05) is 6.07 Å². The number of amides is 1. The molecule has 0 saturated carbocycles. The molecular weight excluding hydrogens is 222 g/mol. The first-order chi connectivity index (χ1) is 8.74. The van der Waals surface area contributed by atoms with Crippen LogP contribution in [0.25, 0.3) is 0 Å². The van der Waals surface area contributed by atoms with Crippen LogP contribution < -0.4 is 5.73 Å². The fraction of sp³-hybridized carbons (Fsp3) is 0.562. The zero-order valence-corrected chi connectivity index (χ0v) is 11.4. The topological polar surface area (TPSA) is 43.1 Å². The van der Waals surface area contributed by atoms with Crippen molar-refractivity contribution in [2.24, 2.45) is 5.73 Å². The highest BCUT2D eigenvalue weighted by Crippen LogP contribution is 2.27. The van der Waals surface area contributed by atoms with E-state index >= 15 is 0 Å². The molecule has 0 saturated heterocycles. The number of benzene rings is 1. The molecule has 1 aromatic rings. The maximum absolute atomic E-state index is 10.9. The third-order valence-corrected chi connectivity index (χ3v) is 3.42. The molecule has 0 fully saturated rings. The summed E-state index contributed by atoms with van der Waals surface area (Å²) in [5.74, 6) is 0.292. The second kappa shape index (κ2) is 8.73. The average molecular weight is 247 g/mol. The van der Waals surface area contributed by atoms with Crippen molar-refractivity contribution in [1.82, 2.24) is 0 Å². The van der Waals surface area contributed by atoms with Gasteiger partial charge in [-0.25, -0.2) is 0 Å². The largest absolute Gasteiger partial charge is 0.370 e. The lowest BCUT2D eigenvalue weighted by atomic mass is 9.89. The quantitative estimate of drug-likeness (QED) is 0.658. The lowest BCUT2D eigenvalue weighted by Crippen LogP contribution is -2.12. The van der Waals surface area contributed by atoms with Crippen molar-refractivity contribution in [3.63, 3.8) is 0 Å². The lowest BCUT2D eigenvalue weighted by Gasteiger charge is -2.16. The summed E-state index contributed by atoms with van der Waals surface area (Å²) in [6.07, 6.45) is 7.63. The van der Waals surface area contributed by atoms with Crippen LogP contribution in [-0.2, 0) is 4.79 Å². The van der Waals surface area contributed by atoms with E-state index in [1.165, 1.54) is 31.2 Å². The predicted octanol–water partition coefficient (Wildman–Crippen LogP) is 4.01. The highest BCUT2D eigenvalue weighted by Gasteiger charge is 2.12. The average Bonchev–Trinajstić information content (AvgIpc) is 2.38. The summed E-state index contributed by atoms with van der Waals surface area (Å²) in [6.45, 7) is 2.22. The Hall–Kier alpha value is -1.31. The van der Waals surface area contributed by atoms with Gasteiger partial charge < -0.3 is 5.73 Å². The summed E-state index contributed by atoms with van der Waals surface area (Å²) < 4.78 is 0. The SMILES string of the molecule is CCCCCCC(CCC(N)=O)c1ccccc1. The van der Waals surface area contributed by atoms with Crippen LogP contribution in [0.5, 0.6) is 0 Å². The number of hydrogen-bond donors (Lipinski definition) is 1. The van der Waals surface area contributed by atoms with Crippen molar-refractivity contribution in [1.29, 1.82) is 0 Å². The molecule has 0 radical (unpaired) electrons. The number of carbonyl (C=O) groups excluding carboxylic acids is 1. The minimum atomic E-state index is -0.190. The Labute approximate surface area is 111 Å². The van der Waals surface area contributed by atoms with Crippen LogP contribution in [0.15, 0.2) is 30.3 Å². The van der Waals surface area contributed by atoms with Gasteiger partial charge in [0.05, 0.1) is 0 Å². The molecular formula is C16H25NO. The van der Waals surface area contributed by atoms with Crippen LogP contribution in [-0.4, -0.2) is 5.91 Å². The molecule has 1 rings (SSSR count). The number of nitrogens with two attached hydrogens (primary N) is 1. The van der Waals surface area contributed by atoms with E-state index < -0.39 is 0 Å². The Morgan fingerprint density at radius 2 is 1.83 bits per heavy atom. The van der Waals surface area contributed by atoms with Gasteiger partial charge in [-0.2, -0.15) is 0 Å². The molecule has 0 aliphatic rings. The van der Waals surface area contributed by atoms with E-state index in [0.29, 0.717) is 12.3 Å². The summed E-state index contributed by atoms with van der Waals surface area (Å²) in [5.41, 5.74) is 6.60. The molecule has 100 valence electrons. The van der Waals surface area contributed by atoms with Crippen molar-refractivity contribution in [2.45, 2.75) is 57.8 Å². The summed E-state index contributed by atoms with van der Waals surface area (Å²) in [6, 6.07) is 10.5. The molecule has 1 atom stereocenters. The van der Waals surface area contributed by atoms with Gasteiger partial charge >= 0.3 is 0 Å². The van der Waals surface area contributed by atoms with Crippen LogP contribution in [0.2, 0.25) is 0 Å². The normalized spacial score (nSPS) is 12.3. The van der Waals surface area contributed by atoms with Gasteiger partial charge in [0.2, 0.25) is 5.91 Å². The van der Waals surface area contributed by atoms with Crippen LogP contribution in [0.1, 0.15) is 63.4 Å². The first-order valence-corrected chi connectivity index (χ1v) is 7.07. The van der Waals surface area contributed by atoms with Gasteiger partial charge in [0.15, 0.2) is 0 Å². The number of carbonyl (C=O) groups is 1. The van der Waals surface area contributed by atoms with E-state index in [9.17, 15) is 4.79 Å². The van der Waals surface area contributed by atoms with Gasteiger partial charge in [-0.1, -0.05) is 62.9 Å². The highest BCUT2D eigenvalue weighted by molar-refractivity contribution is 5.73. The van der Waals surface area contributed by atoms with Gasteiger partial charge in [0.25, 0.3) is 0 Å². The Bertz CT molecular complexity index is 334. The molecule has 0 aromatic heterocycles. The summed E-state index contributed by atoms with van der Waals surface area (Å²) in [7, 11) is 0. The van der Waals surface area contributed by atoms with Crippen molar-refractivity contribution in [3.05, 3.63) is 35.9 Å². The third kappa shape index (κ3) is 5.85. The minimum Gasteiger partial charge on any atom is -0.370 e. The van der Waals surface area contributed by atoms with Gasteiger partial charge in [-0.05, 0) is 24.3 Å². The van der Waals surface area contributed by atoms with Crippen molar-refractivity contribution < 1.29 is 4.79 Å². The molecule has 2 N–H and O–H groups in total. The first kappa shape index (κ1) is 14.7. The highest BCUT2D eigenvalue weighted by atomic mass is 16.1. The number of hydrogen-bond acceptors (Lipinski definition) is 1. The molecule has 0 spiro atoms. The van der Waals surface area contributed by atoms with Crippen molar-refractivity contribution >= 4 is 5.91 Å². The second-order valence-electron chi connectivity index (χ2n) is 4.96. The van der Waals surface area contributed by atoms with Crippen molar-refractivity contribution in [3.8, 4) is 0 Å². The van der Waals surface area contributed by atoms with Gasteiger partial charge in [-0.3, -0.25) is 4.79 Å². The van der Waals surface area contributed by atoms with Gasteiger partial charge in [-0.15, -0.1) is 0 Å². The number of unbranched alkanes of at least 4 members (excludes halogenated alkanes) is 3.